The number of ether oxygens (including phenoxy) is 1. The van der Waals surface area contributed by atoms with E-state index in [4.69, 9.17) is 0 Å². The normalized spacial score (nSPS) is 10.5. The van der Waals surface area contributed by atoms with Crippen LogP contribution in [0.2, 0.25) is 0 Å². The number of hydrogen-bond donors (Lipinski definition) is 0. The van der Waals surface area contributed by atoms with Crippen LogP contribution in [0.4, 0.5) is 8.78 Å². The highest BCUT2D eigenvalue weighted by Gasteiger charge is 2.02. The van der Waals surface area contributed by atoms with Crippen LogP contribution < -0.4 is 4.74 Å². The van der Waals surface area contributed by atoms with Crippen LogP contribution >= 0.6 is 15.9 Å². The third-order valence-corrected chi connectivity index (χ3v) is 1.93. The minimum Gasteiger partial charge on any atom is -0.435 e. The topological polar surface area (TPSA) is 9.23 Å². The Morgan fingerprint density at radius 1 is 1.23 bits per heavy atom. The second kappa shape index (κ2) is 5.17. The number of benzene rings is 1. The molecule has 13 heavy (non-hydrogen) atoms. The molecule has 0 spiro atoms. The van der Waals surface area contributed by atoms with Crippen molar-refractivity contribution in [1.29, 1.82) is 0 Å². The SMILES string of the molecule is FC(F)Oc1ccc(CCBr)cc1. The van der Waals surface area contributed by atoms with Crippen molar-refractivity contribution in [2.45, 2.75) is 13.0 Å². The summed E-state index contributed by atoms with van der Waals surface area (Å²) in [6.45, 7) is -2.75. The molecule has 4 heteroatoms. The summed E-state index contributed by atoms with van der Waals surface area (Å²) in [4.78, 5) is 0. The molecule has 1 nitrogen and oxygen atoms in total. The Morgan fingerprint density at radius 3 is 2.31 bits per heavy atom. The van der Waals surface area contributed by atoms with Crippen molar-refractivity contribution in [2.75, 3.05) is 5.33 Å². The van der Waals surface area contributed by atoms with Crippen molar-refractivity contribution in [1.82, 2.24) is 0 Å². The van der Waals surface area contributed by atoms with Gasteiger partial charge in [-0.15, -0.1) is 0 Å². The zero-order valence-corrected chi connectivity index (χ0v) is 8.43. The van der Waals surface area contributed by atoms with Crippen LogP contribution in [0, 0.1) is 0 Å². The van der Waals surface area contributed by atoms with Crippen LogP contribution in [0.25, 0.3) is 0 Å². The average molecular weight is 251 g/mol. The smallest absolute Gasteiger partial charge is 0.387 e. The minimum atomic E-state index is -2.75. The minimum absolute atomic E-state index is 0.202. The maximum absolute atomic E-state index is 11.7. The number of halogens is 3. The summed E-state index contributed by atoms with van der Waals surface area (Å²) < 4.78 is 27.7. The molecule has 0 aliphatic heterocycles. The second-order valence-corrected chi connectivity index (χ2v) is 3.25. The third kappa shape index (κ3) is 3.72. The van der Waals surface area contributed by atoms with Gasteiger partial charge in [-0.25, -0.2) is 0 Å². The van der Waals surface area contributed by atoms with Crippen molar-refractivity contribution >= 4 is 15.9 Å². The lowest BCUT2D eigenvalue weighted by atomic mass is 10.2. The van der Waals surface area contributed by atoms with Gasteiger partial charge in [-0.3, -0.25) is 0 Å². The summed E-state index contributed by atoms with van der Waals surface area (Å²) in [5, 5.41) is 0.863. The number of rotatable bonds is 4. The summed E-state index contributed by atoms with van der Waals surface area (Å²) in [7, 11) is 0. The first-order valence-electron chi connectivity index (χ1n) is 3.82. The van der Waals surface area contributed by atoms with Crippen LogP contribution in [0.3, 0.4) is 0 Å². The molecule has 0 amide bonds. The van der Waals surface area contributed by atoms with Gasteiger partial charge in [0.2, 0.25) is 0 Å². The van der Waals surface area contributed by atoms with E-state index in [2.05, 4.69) is 20.7 Å². The first-order valence-corrected chi connectivity index (χ1v) is 4.94. The number of aryl methyl sites for hydroxylation is 1. The van der Waals surface area contributed by atoms with Gasteiger partial charge in [-0.1, -0.05) is 28.1 Å². The Morgan fingerprint density at radius 2 is 1.85 bits per heavy atom. The van der Waals surface area contributed by atoms with Gasteiger partial charge in [-0.05, 0) is 24.1 Å². The molecule has 0 aliphatic carbocycles. The zero-order chi connectivity index (χ0) is 9.68. The molecule has 0 radical (unpaired) electrons. The Bertz CT molecular complexity index is 248. The lowest BCUT2D eigenvalue weighted by molar-refractivity contribution is -0.0498. The predicted molar refractivity (Wildman–Crippen MR) is 50.6 cm³/mol. The fraction of sp³-hybridized carbons (Fsp3) is 0.333. The lowest BCUT2D eigenvalue weighted by Crippen LogP contribution is -2.01. The number of alkyl halides is 3. The summed E-state index contributed by atoms with van der Waals surface area (Å²) >= 11 is 3.29. The molecule has 0 bridgehead atoms. The van der Waals surface area contributed by atoms with E-state index in [0.717, 1.165) is 17.3 Å². The second-order valence-electron chi connectivity index (χ2n) is 2.46. The molecule has 0 heterocycles. The summed E-state index contributed by atoms with van der Waals surface area (Å²) in [5.74, 6) is 0.202. The first kappa shape index (κ1) is 10.4. The highest BCUT2D eigenvalue weighted by atomic mass is 79.9. The lowest BCUT2D eigenvalue weighted by Gasteiger charge is -2.04. The molecule has 0 aromatic heterocycles. The standard InChI is InChI=1S/C9H9BrF2O/c10-6-5-7-1-3-8(4-2-7)13-9(11)12/h1-4,9H,5-6H2. The molecule has 0 aliphatic rings. The predicted octanol–water partition coefficient (Wildman–Crippen LogP) is 3.23. The van der Waals surface area contributed by atoms with E-state index >= 15 is 0 Å². The molecule has 72 valence electrons. The van der Waals surface area contributed by atoms with Gasteiger partial charge in [0.15, 0.2) is 0 Å². The molecule has 0 unspecified atom stereocenters. The molecular weight excluding hydrogens is 242 g/mol. The van der Waals surface area contributed by atoms with Gasteiger partial charge in [0.1, 0.15) is 5.75 Å². The van der Waals surface area contributed by atoms with E-state index < -0.39 is 6.61 Å². The first-order chi connectivity index (χ1) is 6.22. The molecule has 0 N–H and O–H groups in total. The van der Waals surface area contributed by atoms with Crippen molar-refractivity contribution in [3.05, 3.63) is 29.8 Å². The Labute approximate surface area is 83.8 Å². The highest BCUT2D eigenvalue weighted by Crippen LogP contribution is 2.15. The third-order valence-electron chi connectivity index (χ3n) is 1.53. The van der Waals surface area contributed by atoms with Gasteiger partial charge in [0, 0.05) is 5.33 Å². The monoisotopic (exact) mass is 250 g/mol. The van der Waals surface area contributed by atoms with Gasteiger partial charge in [0.25, 0.3) is 0 Å². The van der Waals surface area contributed by atoms with Crippen molar-refractivity contribution < 1.29 is 13.5 Å². The largest absolute Gasteiger partial charge is 0.435 e. The molecule has 1 rings (SSSR count). The van der Waals surface area contributed by atoms with Gasteiger partial charge < -0.3 is 4.74 Å². The summed E-state index contributed by atoms with van der Waals surface area (Å²) in [5.41, 5.74) is 1.10. The van der Waals surface area contributed by atoms with Crippen LogP contribution in [0.5, 0.6) is 5.75 Å². The molecule has 1 aromatic carbocycles. The molecule has 0 saturated heterocycles. The molecule has 0 saturated carbocycles. The van der Waals surface area contributed by atoms with Crippen LogP contribution in [0.1, 0.15) is 5.56 Å². The molecule has 1 aromatic rings. The van der Waals surface area contributed by atoms with E-state index in [1.807, 2.05) is 0 Å². The van der Waals surface area contributed by atoms with E-state index in [0.29, 0.717) is 0 Å². The van der Waals surface area contributed by atoms with Crippen molar-refractivity contribution in [3.8, 4) is 5.75 Å². The van der Waals surface area contributed by atoms with Crippen LogP contribution in [-0.4, -0.2) is 11.9 Å². The number of hydrogen-bond acceptors (Lipinski definition) is 1. The van der Waals surface area contributed by atoms with Crippen molar-refractivity contribution in [3.63, 3.8) is 0 Å². The molecule has 0 atom stereocenters. The summed E-state index contributed by atoms with van der Waals surface area (Å²) in [6.07, 6.45) is 0.884. The highest BCUT2D eigenvalue weighted by molar-refractivity contribution is 9.09. The molecular formula is C9H9BrF2O. The van der Waals surface area contributed by atoms with Gasteiger partial charge in [-0.2, -0.15) is 8.78 Å². The Kier molecular flexibility index (Phi) is 4.15. The van der Waals surface area contributed by atoms with Crippen molar-refractivity contribution in [2.24, 2.45) is 0 Å². The fourth-order valence-corrected chi connectivity index (χ4v) is 1.40. The van der Waals surface area contributed by atoms with E-state index in [1.165, 1.54) is 0 Å². The maximum Gasteiger partial charge on any atom is 0.387 e. The zero-order valence-electron chi connectivity index (χ0n) is 6.84. The summed E-state index contributed by atoms with van der Waals surface area (Å²) in [6, 6.07) is 6.65. The Hall–Kier alpha value is -0.640. The van der Waals surface area contributed by atoms with Crippen LogP contribution in [-0.2, 0) is 6.42 Å². The average Bonchev–Trinajstić information content (AvgIpc) is 2.08. The van der Waals surface area contributed by atoms with Crippen LogP contribution in [0.15, 0.2) is 24.3 Å². The Balaban J connectivity index is 2.59. The van der Waals surface area contributed by atoms with Gasteiger partial charge in [0.05, 0.1) is 0 Å². The van der Waals surface area contributed by atoms with E-state index in [9.17, 15) is 8.78 Å². The quantitative estimate of drug-likeness (QED) is 0.746. The van der Waals surface area contributed by atoms with E-state index in [1.54, 1.807) is 24.3 Å². The molecule has 0 fully saturated rings. The maximum atomic E-state index is 11.7. The van der Waals surface area contributed by atoms with Gasteiger partial charge >= 0.3 is 6.61 Å². The van der Waals surface area contributed by atoms with E-state index in [-0.39, 0.29) is 5.75 Å². The fourth-order valence-electron chi connectivity index (χ4n) is 0.947.